The Bertz CT molecular complexity index is 717. The first-order chi connectivity index (χ1) is 11.1. The molecular weight excluding hydrogens is 292 g/mol. The third kappa shape index (κ3) is 3.72. The molecule has 0 heterocycles. The Hall–Kier alpha value is -2.02. The average Bonchev–Trinajstić information content (AvgIpc) is 2.46. The highest BCUT2D eigenvalue weighted by molar-refractivity contribution is 5.77. The van der Waals surface area contributed by atoms with E-state index in [1.165, 1.54) is 0 Å². The first-order valence-corrected chi connectivity index (χ1v) is 8.49. The predicted octanol–water partition coefficient (Wildman–Crippen LogP) is 6.50. The minimum absolute atomic E-state index is 0.128. The van der Waals surface area contributed by atoms with E-state index in [0.29, 0.717) is 5.75 Å². The van der Waals surface area contributed by atoms with Gasteiger partial charge in [0.2, 0.25) is 0 Å². The summed E-state index contributed by atoms with van der Waals surface area (Å²) in [6.45, 7) is 16.7. The second kappa shape index (κ2) is 6.47. The molecule has 0 unspecified atom stereocenters. The van der Waals surface area contributed by atoms with E-state index in [2.05, 4.69) is 78.8 Å². The maximum absolute atomic E-state index is 10.9. The van der Waals surface area contributed by atoms with E-state index in [-0.39, 0.29) is 10.8 Å². The summed E-state index contributed by atoms with van der Waals surface area (Å²) in [4.78, 5) is 0. The van der Waals surface area contributed by atoms with Crippen LogP contribution in [0.25, 0.3) is 17.2 Å². The molecule has 2 aromatic carbocycles. The molecule has 0 amide bonds. The summed E-state index contributed by atoms with van der Waals surface area (Å²) in [6, 6.07) is 12.6. The van der Waals surface area contributed by atoms with Gasteiger partial charge in [-0.3, -0.25) is 0 Å². The van der Waals surface area contributed by atoms with Crippen LogP contribution in [0.3, 0.4) is 0 Å². The molecule has 1 nitrogen and oxygen atoms in total. The van der Waals surface area contributed by atoms with E-state index < -0.39 is 0 Å². The normalized spacial score (nSPS) is 12.8. The summed E-state index contributed by atoms with van der Waals surface area (Å²) in [5.41, 5.74) is 5.15. The lowest BCUT2D eigenvalue weighted by Crippen LogP contribution is -2.17. The van der Waals surface area contributed by atoms with Crippen LogP contribution >= 0.6 is 0 Å². The van der Waals surface area contributed by atoms with Gasteiger partial charge in [-0.05, 0) is 46.6 Å². The van der Waals surface area contributed by atoms with Crippen molar-refractivity contribution in [3.63, 3.8) is 0 Å². The molecule has 0 saturated heterocycles. The van der Waals surface area contributed by atoms with Gasteiger partial charge in [0.25, 0.3) is 0 Å². The van der Waals surface area contributed by atoms with Crippen molar-refractivity contribution in [3.8, 4) is 16.9 Å². The van der Waals surface area contributed by atoms with Crippen molar-refractivity contribution in [1.29, 1.82) is 0 Å². The van der Waals surface area contributed by atoms with Gasteiger partial charge in [-0.25, -0.2) is 0 Å². The molecule has 0 saturated carbocycles. The number of rotatable bonds is 2. The molecular formula is C23H29O. The zero-order chi connectivity index (χ0) is 18.1. The van der Waals surface area contributed by atoms with Crippen LogP contribution in [0.1, 0.15) is 58.2 Å². The SMILES string of the molecule is [CH2]/C=C/c1ccccc1-c1cc(C(C)(C)C)c(O)c(C(C)(C)C)c1. The maximum atomic E-state index is 10.9. The van der Waals surface area contributed by atoms with E-state index in [4.69, 9.17) is 0 Å². The van der Waals surface area contributed by atoms with Crippen molar-refractivity contribution in [2.45, 2.75) is 52.4 Å². The third-order valence-corrected chi connectivity index (χ3v) is 4.30. The van der Waals surface area contributed by atoms with Gasteiger partial charge < -0.3 is 5.11 Å². The van der Waals surface area contributed by atoms with Crippen LogP contribution < -0.4 is 0 Å². The molecule has 0 bridgehead atoms. The summed E-state index contributed by atoms with van der Waals surface area (Å²) < 4.78 is 0. The number of aromatic hydroxyl groups is 1. The van der Waals surface area contributed by atoms with Crippen LogP contribution in [0.5, 0.6) is 5.75 Å². The van der Waals surface area contributed by atoms with Gasteiger partial charge in [0.05, 0.1) is 0 Å². The fourth-order valence-electron chi connectivity index (χ4n) is 2.97. The molecule has 0 spiro atoms. The zero-order valence-corrected chi connectivity index (χ0v) is 15.8. The number of phenolic OH excluding ortho intramolecular Hbond substituents is 1. The van der Waals surface area contributed by atoms with Gasteiger partial charge in [0.1, 0.15) is 5.75 Å². The van der Waals surface area contributed by atoms with Crippen molar-refractivity contribution >= 4 is 6.08 Å². The fraction of sp³-hybridized carbons (Fsp3) is 0.348. The van der Waals surface area contributed by atoms with E-state index >= 15 is 0 Å². The Morgan fingerprint density at radius 3 is 1.83 bits per heavy atom. The van der Waals surface area contributed by atoms with E-state index in [1.807, 2.05) is 18.2 Å². The van der Waals surface area contributed by atoms with E-state index in [1.54, 1.807) is 0 Å². The molecule has 2 aromatic rings. The minimum atomic E-state index is -0.128. The van der Waals surface area contributed by atoms with Crippen molar-refractivity contribution in [2.75, 3.05) is 0 Å². The Morgan fingerprint density at radius 2 is 1.38 bits per heavy atom. The molecule has 0 fully saturated rings. The van der Waals surface area contributed by atoms with E-state index in [0.717, 1.165) is 27.8 Å². The zero-order valence-electron chi connectivity index (χ0n) is 15.8. The summed E-state index contributed by atoms with van der Waals surface area (Å²) in [5, 5.41) is 10.9. The largest absolute Gasteiger partial charge is 0.507 e. The van der Waals surface area contributed by atoms with Gasteiger partial charge in [-0.1, -0.05) is 78.0 Å². The second-order valence-electron chi connectivity index (χ2n) is 8.41. The number of phenols is 1. The van der Waals surface area contributed by atoms with Crippen LogP contribution in [0.2, 0.25) is 0 Å². The Balaban J connectivity index is 2.82. The van der Waals surface area contributed by atoms with Crippen molar-refractivity contribution in [2.24, 2.45) is 0 Å². The lowest BCUT2D eigenvalue weighted by molar-refractivity contribution is 0.423. The Labute approximate surface area is 147 Å². The lowest BCUT2D eigenvalue weighted by atomic mass is 9.77. The van der Waals surface area contributed by atoms with Crippen LogP contribution in [-0.4, -0.2) is 5.11 Å². The molecule has 0 aliphatic carbocycles. The molecule has 0 aliphatic rings. The van der Waals surface area contributed by atoms with Crippen molar-refractivity contribution in [1.82, 2.24) is 0 Å². The summed E-state index contributed by atoms with van der Waals surface area (Å²) >= 11 is 0. The molecule has 127 valence electrons. The second-order valence-corrected chi connectivity index (χ2v) is 8.41. The average molecular weight is 321 g/mol. The quantitative estimate of drug-likeness (QED) is 0.669. The van der Waals surface area contributed by atoms with Crippen molar-refractivity contribution < 1.29 is 5.11 Å². The molecule has 0 aliphatic heterocycles. The topological polar surface area (TPSA) is 20.2 Å². The number of hydrogen-bond donors (Lipinski definition) is 1. The van der Waals surface area contributed by atoms with Gasteiger partial charge in [0, 0.05) is 11.1 Å². The monoisotopic (exact) mass is 321 g/mol. The summed E-state index contributed by atoms with van der Waals surface area (Å²) in [6.07, 6.45) is 3.84. The molecule has 0 atom stereocenters. The Morgan fingerprint density at radius 1 is 0.875 bits per heavy atom. The molecule has 0 aromatic heterocycles. The first-order valence-electron chi connectivity index (χ1n) is 8.49. The van der Waals surface area contributed by atoms with Crippen LogP contribution in [-0.2, 0) is 10.8 Å². The Kier molecular flexibility index (Phi) is 4.94. The van der Waals surface area contributed by atoms with Crippen LogP contribution in [0.4, 0.5) is 0 Å². The smallest absolute Gasteiger partial charge is 0.123 e. The first kappa shape index (κ1) is 18.3. The van der Waals surface area contributed by atoms with Gasteiger partial charge in [-0.2, -0.15) is 0 Å². The highest BCUT2D eigenvalue weighted by Crippen LogP contribution is 2.42. The van der Waals surface area contributed by atoms with Crippen molar-refractivity contribution in [3.05, 3.63) is 66.1 Å². The fourth-order valence-corrected chi connectivity index (χ4v) is 2.97. The molecule has 24 heavy (non-hydrogen) atoms. The number of benzene rings is 2. The number of hydrogen-bond acceptors (Lipinski definition) is 1. The number of allylic oxidation sites excluding steroid dienone is 1. The van der Waals surface area contributed by atoms with Crippen LogP contribution in [0.15, 0.2) is 42.5 Å². The minimum Gasteiger partial charge on any atom is -0.507 e. The lowest BCUT2D eigenvalue weighted by Gasteiger charge is -2.28. The third-order valence-electron chi connectivity index (χ3n) is 4.30. The summed E-state index contributed by atoms with van der Waals surface area (Å²) in [5.74, 6) is 0.420. The summed E-state index contributed by atoms with van der Waals surface area (Å²) in [7, 11) is 0. The molecule has 1 heteroatoms. The standard InChI is InChI=1S/C23H29O/c1-8-11-16-12-9-10-13-18(16)17-14-19(22(2,3)4)21(24)20(15-17)23(5,6)7/h8-15,24H,1H2,2-7H3/b11-8+. The molecule has 1 N–H and O–H groups in total. The van der Waals surface area contributed by atoms with Gasteiger partial charge in [-0.15, -0.1) is 0 Å². The predicted molar refractivity (Wildman–Crippen MR) is 105 cm³/mol. The highest BCUT2D eigenvalue weighted by atomic mass is 16.3. The van der Waals surface area contributed by atoms with Gasteiger partial charge in [0.15, 0.2) is 0 Å². The molecule has 1 radical (unpaired) electrons. The van der Waals surface area contributed by atoms with Gasteiger partial charge >= 0.3 is 0 Å². The highest BCUT2D eigenvalue weighted by Gasteiger charge is 2.27. The maximum Gasteiger partial charge on any atom is 0.123 e. The van der Waals surface area contributed by atoms with E-state index in [9.17, 15) is 5.11 Å². The molecule has 2 rings (SSSR count). The van der Waals surface area contributed by atoms with Crippen LogP contribution in [0, 0.1) is 6.92 Å².